The Labute approximate surface area is 194 Å². The predicted octanol–water partition coefficient (Wildman–Crippen LogP) is 7.15. The van der Waals surface area contributed by atoms with E-state index >= 15 is 0 Å². The molecule has 2 aromatic carbocycles. The largest absolute Gasteiger partial charge is 0.479 e. The smallest absolute Gasteiger partial charge is 0.337 e. The van der Waals surface area contributed by atoms with Crippen molar-refractivity contribution in [3.63, 3.8) is 0 Å². The summed E-state index contributed by atoms with van der Waals surface area (Å²) in [4.78, 5) is 17.3. The third-order valence-corrected chi connectivity index (χ3v) is 6.15. The van der Waals surface area contributed by atoms with E-state index in [4.69, 9.17) is 21.3 Å². The summed E-state index contributed by atoms with van der Waals surface area (Å²) in [5.41, 5.74) is 4.60. The van der Waals surface area contributed by atoms with Crippen molar-refractivity contribution in [3.8, 4) is 11.1 Å². The number of nitrogens with zero attached hydrogens (tertiary/aromatic N) is 1. The fraction of sp³-hybridized carbons (Fsp3) is 0.407. The summed E-state index contributed by atoms with van der Waals surface area (Å²) in [5, 5.41) is 11.7. The molecule has 0 spiro atoms. The van der Waals surface area contributed by atoms with Crippen LogP contribution in [0.5, 0.6) is 0 Å². The second-order valence-electron chi connectivity index (χ2n) is 9.79. The van der Waals surface area contributed by atoms with Gasteiger partial charge < -0.3 is 9.84 Å². The van der Waals surface area contributed by atoms with Crippen LogP contribution in [-0.2, 0) is 16.0 Å². The van der Waals surface area contributed by atoms with Crippen molar-refractivity contribution in [2.75, 3.05) is 0 Å². The SMILES string of the molecule is Cc1cc2nc(CCC3CC3)ccc2c(-c2ccc(Cl)cc2)c1C(OC(C)(C)C)C(=O)O. The van der Waals surface area contributed by atoms with E-state index in [2.05, 4.69) is 12.1 Å². The molecule has 1 fully saturated rings. The van der Waals surface area contributed by atoms with Gasteiger partial charge in [-0.2, -0.15) is 0 Å². The van der Waals surface area contributed by atoms with Gasteiger partial charge in [0.2, 0.25) is 0 Å². The van der Waals surface area contributed by atoms with Gasteiger partial charge >= 0.3 is 5.97 Å². The normalized spacial score (nSPS) is 15.2. The van der Waals surface area contributed by atoms with Crippen molar-refractivity contribution in [1.29, 1.82) is 0 Å². The summed E-state index contributed by atoms with van der Waals surface area (Å²) in [7, 11) is 0. The van der Waals surface area contributed by atoms with Crippen molar-refractivity contribution in [2.24, 2.45) is 5.92 Å². The van der Waals surface area contributed by atoms with Gasteiger partial charge in [-0.1, -0.05) is 42.6 Å². The van der Waals surface area contributed by atoms with Crippen LogP contribution < -0.4 is 0 Å². The van der Waals surface area contributed by atoms with Gasteiger partial charge in [0.15, 0.2) is 6.10 Å². The molecular formula is C27H30ClNO3. The van der Waals surface area contributed by atoms with Gasteiger partial charge in [-0.05, 0) is 87.4 Å². The lowest BCUT2D eigenvalue weighted by atomic mass is 9.88. The molecule has 0 bridgehead atoms. The van der Waals surface area contributed by atoms with E-state index < -0.39 is 17.7 Å². The first-order valence-corrected chi connectivity index (χ1v) is 11.6. The molecule has 0 aliphatic heterocycles. The number of rotatable bonds is 7. The number of pyridine rings is 1. The lowest BCUT2D eigenvalue weighted by Gasteiger charge is -2.28. The highest BCUT2D eigenvalue weighted by atomic mass is 35.5. The average Bonchev–Trinajstić information content (AvgIpc) is 3.54. The number of fused-ring (bicyclic) bond motifs is 1. The maximum Gasteiger partial charge on any atom is 0.337 e. The maximum absolute atomic E-state index is 12.4. The molecule has 3 aromatic rings. The third kappa shape index (κ3) is 5.13. The third-order valence-electron chi connectivity index (χ3n) is 5.90. The first-order chi connectivity index (χ1) is 15.1. The van der Waals surface area contributed by atoms with Gasteiger partial charge in [-0.15, -0.1) is 0 Å². The quantitative estimate of drug-likeness (QED) is 0.414. The van der Waals surface area contributed by atoms with Crippen LogP contribution in [0, 0.1) is 12.8 Å². The Balaban J connectivity index is 1.91. The number of carbonyl (C=O) groups is 1. The molecule has 1 N–H and O–H groups in total. The highest BCUT2D eigenvalue weighted by molar-refractivity contribution is 6.30. The number of benzene rings is 2. The number of hydrogen-bond donors (Lipinski definition) is 1. The molecule has 1 unspecified atom stereocenters. The minimum Gasteiger partial charge on any atom is -0.479 e. The van der Waals surface area contributed by atoms with Gasteiger partial charge in [0.05, 0.1) is 11.1 Å². The number of aryl methyl sites for hydroxylation is 2. The Bertz CT molecular complexity index is 1140. The van der Waals surface area contributed by atoms with Crippen LogP contribution in [0.15, 0.2) is 42.5 Å². The molecule has 5 heteroatoms. The molecule has 1 atom stereocenters. The van der Waals surface area contributed by atoms with Crippen LogP contribution in [-0.4, -0.2) is 21.7 Å². The van der Waals surface area contributed by atoms with Crippen molar-refractivity contribution in [1.82, 2.24) is 4.98 Å². The Morgan fingerprint density at radius 3 is 2.47 bits per heavy atom. The van der Waals surface area contributed by atoms with E-state index in [9.17, 15) is 9.90 Å². The molecule has 168 valence electrons. The summed E-state index contributed by atoms with van der Waals surface area (Å²) in [6, 6.07) is 13.6. The highest BCUT2D eigenvalue weighted by Crippen LogP contribution is 2.41. The summed E-state index contributed by atoms with van der Waals surface area (Å²) >= 11 is 6.14. The molecule has 1 aliphatic rings. The zero-order valence-electron chi connectivity index (χ0n) is 19.1. The molecule has 1 aromatic heterocycles. The van der Waals surface area contributed by atoms with Crippen molar-refractivity contribution < 1.29 is 14.6 Å². The van der Waals surface area contributed by atoms with E-state index in [1.807, 2.05) is 58.0 Å². The fourth-order valence-electron chi connectivity index (χ4n) is 4.21. The summed E-state index contributed by atoms with van der Waals surface area (Å²) < 4.78 is 6.05. The van der Waals surface area contributed by atoms with Crippen LogP contribution in [0.2, 0.25) is 5.02 Å². The molecule has 4 nitrogen and oxygen atoms in total. The van der Waals surface area contributed by atoms with Gasteiger partial charge in [0.25, 0.3) is 0 Å². The minimum absolute atomic E-state index is 0.618. The first-order valence-electron chi connectivity index (χ1n) is 11.2. The van der Waals surface area contributed by atoms with Crippen LogP contribution in [0.25, 0.3) is 22.0 Å². The lowest BCUT2D eigenvalue weighted by molar-refractivity contribution is -0.160. The van der Waals surface area contributed by atoms with Crippen LogP contribution in [0.3, 0.4) is 0 Å². The van der Waals surface area contributed by atoms with E-state index in [1.165, 1.54) is 19.3 Å². The number of halogens is 1. The second-order valence-corrected chi connectivity index (χ2v) is 10.2. The minimum atomic E-state index is -1.10. The van der Waals surface area contributed by atoms with Gasteiger partial charge in [0, 0.05) is 21.7 Å². The molecule has 1 heterocycles. The maximum atomic E-state index is 12.4. The summed E-state index contributed by atoms with van der Waals surface area (Å²) in [6.07, 6.45) is 3.73. The summed E-state index contributed by atoms with van der Waals surface area (Å²) in [5.74, 6) is -0.154. The van der Waals surface area contributed by atoms with E-state index in [0.29, 0.717) is 10.6 Å². The van der Waals surface area contributed by atoms with Crippen molar-refractivity contribution in [2.45, 2.75) is 65.1 Å². The Morgan fingerprint density at radius 1 is 1.19 bits per heavy atom. The number of ether oxygens (including phenoxy) is 1. The molecule has 0 amide bonds. The van der Waals surface area contributed by atoms with Crippen LogP contribution in [0.1, 0.15) is 63.0 Å². The highest BCUT2D eigenvalue weighted by Gasteiger charge is 2.31. The van der Waals surface area contributed by atoms with Gasteiger partial charge in [-0.25, -0.2) is 4.79 Å². The molecule has 1 saturated carbocycles. The standard InChI is InChI=1S/C27H30ClNO3/c1-16-15-22-21(14-13-20(29-22)12-7-17-5-6-17)24(18-8-10-19(28)11-9-18)23(16)25(26(30)31)32-27(2,3)4/h8-11,13-15,17,25H,5-7,12H2,1-4H3,(H,30,31). The van der Waals surface area contributed by atoms with Gasteiger partial charge in [0.1, 0.15) is 0 Å². The predicted molar refractivity (Wildman–Crippen MR) is 129 cm³/mol. The zero-order valence-corrected chi connectivity index (χ0v) is 19.9. The molecule has 32 heavy (non-hydrogen) atoms. The Morgan fingerprint density at radius 2 is 1.88 bits per heavy atom. The van der Waals surface area contributed by atoms with Crippen LogP contribution >= 0.6 is 11.6 Å². The lowest BCUT2D eigenvalue weighted by Crippen LogP contribution is -2.28. The monoisotopic (exact) mass is 451 g/mol. The van der Waals surface area contributed by atoms with Crippen molar-refractivity contribution >= 4 is 28.5 Å². The molecular weight excluding hydrogens is 422 g/mol. The van der Waals surface area contributed by atoms with E-state index in [-0.39, 0.29) is 0 Å². The molecule has 1 aliphatic carbocycles. The number of aromatic nitrogens is 1. The molecule has 0 radical (unpaired) electrons. The number of carboxylic acid groups (broad SMARTS) is 1. The average molecular weight is 452 g/mol. The zero-order chi connectivity index (χ0) is 23.0. The van der Waals surface area contributed by atoms with E-state index in [1.54, 1.807) is 0 Å². The van der Waals surface area contributed by atoms with Crippen molar-refractivity contribution in [3.05, 3.63) is 64.3 Å². The number of carboxylic acids is 1. The topological polar surface area (TPSA) is 59.4 Å². The number of hydrogen-bond acceptors (Lipinski definition) is 3. The molecule has 0 saturated heterocycles. The second kappa shape index (κ2) is 8.84. The fourth-order valence-corrected chi connectivity index (χ4v) is 4.34. The number of aliphatic carboxylic acids is 1. The molecule has 4 rings (SSSR count). The summed E-state index contributed by atoms with van der Waals surface area (Å²) in [6.45, 7) is 7.55. The van der Waals surface area contributed by atoms with Gasteiger partial charge in [-0.3, -0.25) is 4.98 Å². The first kappa shape index (κ1) is 22.8. The Kier molecular flexibility index (Phi) is 6.28. The van der Waals surface area contributed by atoms with E-state index in [0.717, 1.165) is 45.6 Å². The van der Waals surface area contributed by atoms with Crippen LogP contribution in [0.4, 0.5) is 0 Å². The Hall–Kier alpha value is -2.43.